The van der Waals surface area contributed by atoms with Crippen LogP contribution < -0.4 is 5.73 Å². The van der Waals surface area contributed by atoms with Crippen LogP contribution in [0.2, 0.25) is 0 Å². The van der Waals surface area contributed by atoms with Crippen LogP contribution in [0.3, 0.4) is 0 Å². The zero-order valence-electron chi connectivity index (χ0n) is 10.1. The molecule has 1 fully saturated rings. The van der Waals surface area contributed by atoms with Crippen molar-refractivity contribution in [3.8, 4) is 0 Å². The van der Waals surface area contributed by atoms with E-state index in [-0.39, 0.29) is 0 Å². The van der Waals surface area contributed by atoms with Crippen LogP contribution in [0, 0.1) is 0 Å². The lowest BCUT2D eigenvalue weighted by atomic mass is 9.87. The van der Waals surface area contributed by atoms with Gasteiger partial charge in [0.25, 0.3) is 0 Å². The molecule has 0 amide bonds. The topological polar surface area (TPSA) is 35.2 Å². The molecule has 0 aromatic heterocycles. The lowest BCUT2D eigenvalue weighted by molar-refractivity contribution is -0.0115. The summed E-state index contributed by atoms with van der Waals surface area (Å²) in [7, 11) is 0. The maximum absolute atomic E-state index is 14.7. The van der Waals surface area contributed by atoms with Gasteiger partial charge in [0.05, 0.1) is 0 Å². The first-order chi connectivity index (χ1) is 8.24. The molecule has 1 aromatic rings. The van der Waals surface area contributed by atoms with Crippen LogP contribution in [0.1, 0.15) is 30.4 Å². The Bertz CT molecular complexity index is 361. The lowest BCUT2D eigenvalue weighted by Gasteiger charge is -2.30. The fourth-order valence-electron chi connectivity index (χ4n) is 2.30. The molecule has 17 heavy (non-hydrogen) atoms. The molecule has 94 valence electrons. The lowest BCUT2D eigenvalue weighted by Crippen LogP contribution is -2.29. The van der Waals surface area contributed by atoms with Crippen molar-refractivity contribution in [1.29, 1.82) is 0 Å². The van der Waals surface area contributed by atoms with Crippen molar-refractivity contribution in [1.82, 2.24) is 0 Å². The van der Waals surface area contributed by atoms with Gasteiger partial charge in [-0.3, -0.25) is 0 Å². The third kappa shape index (κ3) is 3.05. The van der Waals surface area contributed by atoms with Gasteiger partial charge in [0.2, 0.25) is 0 Å². The van der Waals surface area contributed by atoms with Crippen molar-refractivity contribution in [2.24, 2.45) is 5.73 Å². The van der Waals surface area contributed by atoms with E-state index in [1.165, 1.54) is 5.56 Å². The fraction of sp³-hybridized carbons (Fsp3) is 0.571. The summed E-state index contributed by atoms with van der Waals surface area (Å²) in [6.07, 6.45) is 2.81. The number of aryl methyl sites for hydroxylation is 1. The first-order valence-corrected chi connectivity index (χ1v) is 6.31. The summed E-state index contributed by atoms with van der Waals surface area (Å²) in [4.78, 5) is 0. The summed E-state index contributed by atoms with van der Waals surface area (Å²) in [5.41, 5.74) is 6.27. The van der Waals surface area contributed by atoms with Crippen LogP contribution >= 0.6 is 0 Å². The second-order valence-electron chi connectivity index (χ2n) is 4.67. The molecule has 1 aromatic carbocycles. The van der Waals surface area contributed by atoms with Crippen molar-refractivity contribution in [3.63, 3.8) is 0 Å². The highest BCUT2D eigenvalue weighted by atomic mass is 19.1. The Balaban J connectivity index is 2.14. The number of rotatable bonds is 4. The van der Waals surface area contributed by atoms with Crippen LogP contribution in [-0.2, 0) is 16.8 Å². The zero-order valence-corrected chi connectivity index (χ0v) is 10.1. The zero-order chi connectivity index (χ0) is 12.1. The quantitative estimate of drug-likeness (QED) is 0.873. The molecule has 0 atom stereocenters. The molecule has 1 heterocycles. The van der Waals surface area contributed by atoms with Crippen LogP contribution in [-0.4, -0.2) is 19.8 Å². The Hall–Kier alpha value is -0.930. The van der Waals surface area contributed by atoms with Crippen molar-refractivity contribution in [2.45, 2.75) is 31.4 Å². The number of hydrogen-bond donors (Lipinski definition) is 1. The smallest absolute Gasteiger partial charge is 0.140 e. The molecular weight excluding hydrogens is 217 g/mol. The predicted octanol–water partition coefficient (Wildman–Crippen LogP) is 2.55. The Kier molecular flexibility index (Phi) is 4.13. The monoisotopic (exact) mass is 237 g/mol. The van der Waals surface area contributed by atoms with Gasteiger partial charge in [0, 0.05) is 26.1 Å². The summed E-state index contributed by atoms with van der Waals surface area (Å²) < 4.78 is 19.9. The highest BCUT2D eigenvalue weighted by Crippen LogP contribution is 2.36. The number of nitrogens with two attached hydrogens (primary N) is 1. The Morgan fingerprint density at radius 2 is 2.06 bits per heavy atom. The molecule has 3 heteroatoms. The molecule has 1 saturated heterocycles. The van der Waals surface area contributed by atoms with E-state index in [9.17, 15) is 4.39 Å². The van der Waals surface area contributed by atoms with Gasteiger partial charge in [-0.1, -0.05) is 24.3 Å². The van der Waals surface area contributed by atoms with E-state index < -0.39 is 5.67 Å². The summed E-state index contributed by atoms with van der Waals surface area (Å²) in [6.45, 7) is 1.71. The van der Waals surface area contributed by atoms with Gasteiger partial charge in [-0.25, -0.2) is 4.39 Å². The third-order valence-corrected chi connectivity index (χ3v) is 3.40. The number of halogens is 1. The minimum atomic E-state index is -1.20. The molecular formula is C14H20FNO. The van der Waals surface area contributed by atoms with Gasteiger partial charge < -0.3 is 10.5 Å². The SMILES string of the molecule is NCCCc1cccc(C2(F)CCOCC2)c1. The molecule has 0 aliphatic carbocycles. The molecule has 0 bridgehead atoms. The number of ether oxygens (including phenoxy) is 1. The highest BCUT2D eigenvalue weighted by molar-refractivity contribution is 5.29. The van der Waals surface area contributed by atoms with Gasteiger partial charge in [-0.2, -0.15) is 0 Å². The maximum atomic E-state index is 14.7. The molecule has 2 nitrogen and oxygen atoms in total. The molecule has 0 unspecified atom stereocenters. The van der Waals surface area contributed by atoms with Crippen molar-refractivity contribution in [3.05, 3.63) is 35.4 Å². The molecule has 2 rings (SSSR count). The van der Waals surface area contributed by atoms with E-state index in [0.717, 1.165) is 18.4 Å². The number of benzene rings is 1. The van der Waals surface area contributed by atoms with Crippen LogP contribution in [0.4, 0.5) is 4.39 Å². The minimum Gasteiger partial charge on any atom is -0.381 e. The third-order valence-electron chi connectivity index (χ3n) is 3.40. The predicted molar refractivity (Wildman–Crippen MR) is 66.7 cm³/mol. The molecule has 0 spiro atoms. The van der Waals surface area contributed by atoms with Gasteiger partial charge in [-0.05, 0) is 30.5 Å². The van der Waals surface area contributed by atoms with E-state index in [4.69, 9.17) is 10.5 Å². The Labute approximate surface area is 102 Å². The number of hydrogen-bond acceptors (Lipinski definition) is 2. The van der Waals surface area contributed by atoms with Crippen molar-refractivity contribution < 1.29 is 9.13 Å². The van der Waals surface area contributed by atoms with Gasteiger partial charge in [-0.15, -0.1) is 0 Å². The van der Waals surface area contributed by atoms with Gasteiger partial charge >= 0.3 is 0 Å². The van der Waals surface area contributed by atoms with E-state index in [1.807, 2.05) is 24.3 Å². The maximum Gasteiger partial charge on any atom is 0.140 e. The number of alkyl halides is 1. The largest absolute Gasteiger partial charge is 0.381 e. The van der Waals surface area contributed by atoms with Crippen molar-refractivity contribution >= 4 is 0 Å². The summed E-state index contributed by atoms with van der Waals surface area (Å²) in [5.74, 6) is 0. The molecule has 0 saturated carbocycles. The average molecular weight is 237 g/mol. The van der Waals surface area contributed by atoms with Crippen LogP contribution in [0.15, 0.2) is 24.3 Å². The first kappa shape index (κ1) is 12.5. The Morgan fingerprint density at radius 1 is 1.29 bits per heavy atom. The summed E-state index contributed by atoms with van der Waals surface area (Å²) >= 11 is 0. The molecule has 1 aliphatic rings. The van der Waals surface area contributed by atoms with E-state index in [2.05, 4.69) is 0 Å². The van der Waals surface area contributed by atoms with Crippen LogP contribution in [0.5, 0.6) is 0 Å². The van der Waals surface area contributed by atoms with E-state index in [1.54, 1.807) is 0 Å². The first-order valence-electron chi connectivity index (χ1n) is 6.31. The van der Waals surface area contributed by atoms with E-state index in [0.29, 0.717) is 32.6 Å². The fourth-order valence-corrected chi connectivity index (χ4v) is 2.30. The summed E-state index contributed by atoms with van der Waals surface area (Å²) in [5, 5.41) is 0. The molecule has 1 aliphatic heterocycles. The average Bonchev–Trinajstić information content (AvgIpc) is 2.38. The standard InChI is InChI=1S/C14H20FNO/c15-14(6-9-17-10-7-14)13-5-1-3-12(11-13)4-2-8-16/h1,3,5,11H,2,4,6-10,16H2. The van der Waals surface area contributed by atoms with Crippen LogP contribution in [0.25, 0.3) is 0 Å². The van der Waals surface area contributed by atoms with E-state index >= 15 is 0 Å². The molecule has 2 N–H and O–H groups in total. The minimum absolute atomic E-state index is 0.466. The normalized spacial score (nSPS) is 19.2. The van der Waals surface area contributed by atoms with Crippen molar-refractivity contribution in [2.75, 3.05) is 19.8 Å². The van der Waals surface area contributed by atoms with Gasteiger partial charge in [0.15, 0.2) is 0 Å². The summed E-state index contributed by atoms with van der Waals surface area (Å²) in [6, 6.07) is 7.86. The second kappa shape index (κ2) is 5.61. The highest BCUT2D eigenvalue weighted by Gasteiger charge is 2.34. The Morgan fingerprint density at radius 3 is 2.76 bits per heavy atom. The molecule has 0 radical (unpaired) electrons. The van der Waals surface area contributed by atoms with Gasteiger partial charge in [0.1, 0.15) is 5.67 Å². The second-order valence-corrected chi connectivity index (χ2v) is 4.67.